The Morgan fingerprint density at radius 1 is 1.31 bits per heavy atom. The van der Waals surface area contributed by atoms with Gasteiger partial charge in [0, 0.05) is 26.6 Å². The highest BCUT2D eigenvalue weighted by atomic mass is 16.2. The van der Waals surface area contributed by atoms with E-state index < -0.39 is 0 Å². The number of fused-ring (bicyclic) bond motifs is 1. The van der Waals surface area contributed by atoms with Crippen molar-refractivity contribution < 1.29 is 9.59 Å². The molecule has 1 unspecified atom stereocenters. The van der Waals surface area contributed by atoms with Gasteiger partial charge in [-0.1, -0.05) is 0 Å². The molecule has 6 heteroatoms. The maximum Gasteiger partial charge on any atom is 0.353 e. The second kappa shape index (κ2) is 4.29. The first-order valence-electron chi connectivity index (χ1n) is 5.73. The first-order valence-corrected chi connectivity index (χ1v) is 5.73. The first-order chi connectivity index (χ1) is 7.65. The molecule has 90 valence electrons. The van der Waals surface area contributed by atoms with E-state index in [9.17, 15) is 9.59 Å². The predicted molar refractivity (Wildman–Crippen MR) is 58.0 cm³/mol. The van der Waals surface area contributed by atoms with Crippen LogP contribution in [0.3, 0.4) is 0 Å². The summed E-state index contributed by atoms with van der Waals surface area (Å²) in [5.41, 5.74) is 2.83. The molecule has 0 aliphatic carbocycles. The maximum absolute atomic E-state index is 12.2. The summed E-state index contributed by atoms with van der Waals surface area (Å²) in [4.78, 5) is 24.0. The summed E-state index contributed by atoms with van der Waals surface area (Å²) in [6.45, 7) is 3.08. The van der Waals surface area contributed by atoms with Gasteiger partial charge in [-0.15, -0.1) is 0 Å². The maximum atomic E-state index is 12.2. The number of hydrogen-bond donors (Lipinski definition) is 1. The first kappa shape index (κ1) is 11.2. The van der Waals surface area contributed by atoms with E-state index in [-0.39, 0.29) is 18.0 Å². The van der Waals surface area contributed by atoms with E-state index in [1.165, 1.54) is 5.01 Å². The van der Waals surface area contributed by atoms with Crippen LogP contribution >= 0.6 is 0 Å². The van der Waals surface area contributed by atoms with Crippen LogP contribution in [-0.2, 0) is 4.79 Å². The molecule has 2 aliphatic rings. The molecule has 0 saturated carbocycles. The van der Waals surface area contributed by atoms with Crippen molar-refractivity contribution in [1.29, 1.82) is 0 Å². The van der Waals surface area contributed by atoms with Crippen molar-refractivity contribution in [2.24, 2.45) is 0 Å². The molecular weight excluding hydrogens is 208 g/mol. The van der Waals surface area contributed by atoms with Crippen LogP contribution in [-0.4, -0.2) is 53.1 Å². The van der Waals surface area contributed by atoms with E-state index in [0.29, 0.717) is 19.5 Å². The molecule has 0 radical (unpaired) electrons. The van der Waals surface area contributed by atoms with E-state index in [2.05, 4.69) is 5.43 Å². The molecule has 2 heterocycles. The van der Waals surface area contributed by atoms with Crippen molar-refractivity contribution in [3.05, 3.63) is 0 Å². The number of hydrogen-bond acceptors (Lipinski definition) is 3. The third kappa shape index (κ3) is 1.73. The highest BCUT2D eigenvalue weighted by Crippen LogP contribution is 2.22. The molecule has 16 heavy (non-hydrogen) atoms. The molecule has 0 bridgehead atoms. The van der Waals surface area contributed by atoms with E-state index in [1.54, 1.807) is 17.1 Å². The summed E-state index contributed by atoms with van der Waals surface area (Å²) in [6.07, 6.45) is 2.30. The zero-order valence-electron chi connectivity index (χ0n) is 9.77. The van der Waals surface area contributed by atoms with Crippen molar-refractivity contribution in [2.45, 2.75) is 32.2 Å². The van der Waals surface area contributed by atoms with Crippen molar-refractivity contribution in [3.63, 3.8) is 0 Å². The van der Waals surface area contributed by atoms with Gasteiger partial charge in [0.25, 0.3) is 0 Å². The lowest BCUT2D eigenvalue weighted by molar-refractivity contribution is -0.149. The largest absolute Gasteiger partial charge is 0.353 e. The van der Waals surface area contributed by atoms with E-state index in [0.717, 1.165) is 12.8 Å². The van der Waals surface area contributed by atoms with Crippen molar-refractivity contribution in [1.82, 2.24) is 20.5 Å². The zero-order valence-corrected chi connectivity index (χ0v) is 9.77. The Morgan fingerprint density at radius 3 is 2.75 bits per heavy atom. The minimum Gasteiger partial charge on any atom is -0.273 e. The van der Waals surface area contributed by atoms with Crippen LogP contribution in [0.2, 0.25) is 0 Å². The van der Waals surface area contributed by atoms with Gasteiger partial charge in [0.2, 0.25) is 5.91 Å². The van der Waals surface area contributed by atoms with Crippen molar-refractivity contribution >= 4 is 11.9 Å². The van der Waals surface area contributed by atoms with Crippen molar-refractivity contribution in [2.75, 3.05) is 20.1 Å². The number of rotatable bonds is 1. The fourth-order valence-electron chi connectivity index (χ4n) is 2.30. The standard InChI is InChI=1S/C10H18N4O2/c1-8-4-3-6-13-9(15)5-7-12(11-2)10(16)14(8)13/h8,11H,3-7H2,1-2H3. The van der Waals surface area contributed by atoms with Gasteiger partial charge in [0.15, 0.2) is 0 Å². The van der Waals surface area contributed by atoms with Gasteiger partial charge in [-0.3, -0.25) is 9.80 Å². The van der Waals surface area contributed by atoms with Crippen LogP contribution in [0.15, 0.2) is 0 Å². The molecule has 1 atom stereocenters. The van der Waals surface area contributed by atoms with Crippen LogP contribution in [0.4, 0.5) is 4.79 Å². The molecule has 0 aromatic heterocycles. The Balaban J connectivity index is 2.27. The summed E-state index contributed by atoms with van der Waals surface area (Å²) < 4.78 is 0. The van der Waals surface area contributed by atoms with Gasteiger partial charge in [-0.2, -0.15) is 0 Å². The normalized spacial score (nSPS) is 26.9. The number of nitrogens with one attached hydrogen (secondary N) is 1. The Bertz CT molecular complexity index is 307. The van der Waals surface area contributed by atoms with Crippen LogP contribution < -0.4 is 5.43 Å². The number of carbonyl (C=O) groups excluding carboxylic acids is 2. The Hall–Kier alpha value is -1.30. The molecule has 2 saturated heterocycles. The molecule has 0 aromatic rings. The lowest BCUT2D eigenvalue weighted by atomic mass is 10.1. The smallest absolute Gasteiger partial charge is 0.273 e. The molecule has 2 fully saturated rings. The van der Waals surface area contributed by atoms with Crippen LogP contribution in [0.25, 0.3) is 0 Å². The molecular formula is C10H18N4O2. The Labute approximate surface area is 95.1 Å². The molecule has 2 rings (SSSR count). The SMILES string of the molecule is CNN1CCC(=O)N2CCCC(C)N2C1=O. The fourth-order valence-corrected chi connectivity index (χ4v) is 2.30. The van der Waals surface area contributed by atoms with Crippen LogP contribution in [0, 0.1) is 0 Å². The Morgan fingerprint density at radius 2 is 2.06 bits per heavy atom. The molecule has 0 spiro atoms. The Kier molecular flexibility index (Phi) is 3.00. The van der Waals surface area contributed by atoms with Crippen LogP contribution in [0.1, 0.15) is 26.2 Å². The fraction of sp³-hybridized carbons (Fsp3) is 0.800. The second-order valence-corrected chi connectivity index (χ2v) is 4.26. The summed E-state index contributed by atoms with van der Waals surface area (Å²) in [7, 11) is 1.70. The zero-order chi connectivity index (χ0) is 11.7. The second-order valence-electron chi connectivity index (χ2n) is 4.26. The van der Waals surface area contributed by atoms with Crippen molar-refractivity contribution in [3.8, 4) is 0 Å². The summed E-state index contributed by atoms with van der Waals surface area (Å²) >= 11 is 0. The number of urea groups is 1. The minimum absolute atomic E-state index is 0.0395. The number of amides is 3. The van der Waals surface area contributed by atoms with Gasteiger partial charge >= 0.3 is 6.03 Å². The molecule has 2 aliphatic heterocycles. The lowest BCUT2D eigenvalue weighted by Crippen LogP contribution is -2.59. The molecule has 1 N–H and O–H groups in total. The molecule has 0 aromatic carbocycles. The lowest BCUT2D eigenvalue weighted by Gasteiger charge is -2.42. The topological polar surface area (TPSA) is 55.9 Å². The van der Waals surface area contributed by atoms with Gasteiger partial charge in [-0.05, 0) is 19.8 Å². The van der Waals surface area contributed by atoms with Crippen LogP contribution in [0.5, 0.6) is 0 Å². The summed E-state index contributed by atoms with van der Waals surface area (Å²) in [5.74, 6) is 0.0395. The average Bonchev–Trinajstić information content (AvgIpc) is 2.39. The average molecular weight is 226 g/mol. The van der Waals surface area contributed by atoms with Gasteiger partial charge in [-0.25, -0.2) is 20.2 Å². The predicted octanol–water partition coefficient (Wildman–Crippen LogP) is 0.174. The number of nitrogens with zero attached hydrogens (tertiary/aromatic N) is 3. The summed E-state index contributed by atoms with van der Waals surface area (Å²) in [5, 5.41) is 4.70. The third-order valence-electron chi connectivity index (χ3n) is 3.20. The molecule has 6 nitrogen and oxygen atoms in total. The highest BCUT2D eigenvalue weighted by molar-refractivity contribution is 5.84. The summed E-state index contributed by atoms with van der Waals surface area (Å²) in [6, 6.07) is -0.0281. The molecule has 3 amide bonds. The minimum atomic E-state index is -0.124. The number of carbonyl (C=O) groups is 2. The van der Waals surface area contributed by atoms with E-state index >= 15 is 0 Å². The van der Waals surface area contributed by atoms with E-state index in [4.69, 9.17) is 0 Å². The van der Waals surface area contributed by atoms with Gasteiger partial charge in [0.05, 0.1) is 6.04 Å². The third-order valence-corrected chi connectivity index (χ3v) is 3.20. The van der Waals surface area contributed by atoms with Gasteiger partial charge in [0.1, 0.15) is 0 Å². The quantitative estimate of drug-likeness (QED) is 0.693. The number of hydrazine groups is 2. The highest BCUT2D eigenvalue weighted by Gasteiger charge is 2.38. The monoisotopic (exact) mass is 226 g/mol. The van der Waals surface area contributed by atoms with E-state index in [1.807, 2.05) is 6.92 Å². The van der Waals surface area contributed by atoms with Gasteiger partial charge < -0.3 is 0 Å².